The van der Waals surface area contributed by atoms with Crippen molar-refractivity contribution in [3.63, 3.8) is 0 Å². The predicted octanol–water partition coefficient (Wildman–Crippen LogP) is 0.887. The highest BCUT2D eigenvalue weighted by atomic mass is 19.1. The fourth-order valence-corrected chi connectivity index (χ4v) is 1.48. The van der Waals surface area contributed by atoms with Gasteiger partial charge in [-0.2, -0.15) is 0 Å². The lowest BCUT2D eigenvalue weighted by atomic mass is 9.79. The van der Waals surface area contributed by atoms with Crippen LogP contribution in [0.15, 0.2) is 0 Å². The fraction of sp³-hybridized carbons (Fsp3) is 0.889. The molecule has 0 amide bonds. The van der Waals surface area contributed by atoms with E-state index in [0.717, 1.165) is 0 Å². The summed E-state index contributed by atoms with van der Waals surface area (Å²) in [5.41, 5.74) is -0.943. The number of carbonyl (C=O) groups excluding carboxylic acids is 1. The zero-order valence-corrected chi connectivity index (χ0v) is 8.10. The maximum Gasteiger partial charge on any atom is 0.314 e. The molecule has 2 atom stereocenters. The first-order valence-corrected chi connectivity index (χ1v) is 4.63. The Kier molecular flexibility index (Phi) is 3.25. The van der Waals surface area contributed by atoms with Crippen molar-refractivity contribution in [2.75, 3.05) is 19.7 Å². The number of rotatable bonds is 2. The predicted molar refractivity (Wildman–Crippen MR) is 47.1 cm³/mol. The van der Waals surface area contributed by atoms with Crippen LogP contribution in [0.4, 0.5) is 4.39 Å². The molecule has 1 N–H and O–H groups in total. The summed E-state index contributed by atoms with van der Waals surface area (Å²) in [4.78, 5) is 11.4. The Hall–Kier alpha value is -0.640. The van der Waals surface area contributed by atoms with Gasteiger partial charge < -0.3 is 10.1 Å². The second-order valence-corrected chi connectivity index (χ2v) is 3.56. The third-order valence-electron chi connectivity index (χ3n) is 2.58. The second kappa shape index (κ2) is 4.05. The van der Waals surface area contributed by atoms with Crippen LogP contribution in [0.1, 0.15) is 20.3 Å². The first-order valence-electron chi connectivity index (χ1n) is 4.63. The quantitative estimate of drug-likeness (QED) is 0.655. The molecule has 0 aromatic carbocycles. The number of esters is 1. The lowest BCUT2D eigenvalue weighted by Crippen LogP contribution is -2.50. The van der Waals surface area contributed by atoms with E-state index in [1.54, 1.807) is 13.8 Å². The molecule has 1 rings (SSSR count). The van der Waals surface area contributed by atoms with Gasteiger partial charge in [0.1, 0.15) is 6.17 Å². The average molecular weight is 189 g/mol. The molecule has 1 aliphatic heterocycles. The molecule has 0 radical (unpaired) electrons. The number of hydrogen-bond donors (Lipinski definition) is 1. The number of hydrogen-bond acceptors (Lipinski definition) is 3. The highest BCUT2D eigenvalue weighted by molar-refractivity contribution is 5.77. The summed E-state index contributed by atoms with van der Waals surface area (Å²) in [6, 6.07) is 0. The number of carbonyl (C=O) groups is 1. The average Bonchev–Trinajstić information content (AvgIpc) is 2.11. The van der Waals surface area contributed by atoms with Crippen LogP contribution < -0.4 is 5.32 Å². The van der Waals surface area contributed by atoms with E-state index in [9.17, 15) is 9.18 Å². The summed E-state index contributed by atoms with van der Waals surface area (Å²) in [6.45, 7) is 4.60. The largest absolute Gasteiger partial charge is 0.465 e. The van der Waals surface area contributed by atoms with Crippen molar-refractivity contribution >= 4 is 5.97 Å². The van der Waals surface area contributed by atoms with Gasteiger partial charge >= 0.3 is 5.97 Å². The SMILES string of the molecule is CCOC(=O)C1(C)CCNCC1F. The van der Waals surface area contributed by atoms with E-state index in [2.05, 4.69) is 5.32 Å². The molecule has 0 spiro atoms. The van der Waals surface area contributed by atoms with Gasteiger partial charge in [-0.15, -0.1) is 0 Å². The second-order valence-electron chi connectivity index (χ2n) is 3.56. The monoisotopic (exact) mass is 189 g/mol. The minimum atomic E-state index is -1.14. The number of nitrogens with one attached hydrogen (secondary N) is 1. The molecular weight excluding hydrogens is 173 g/mol. The van der Waals surface area contributed by atoms with Crippen molar-refractivity contribution in [1.29, 1.82) is 0 Å². The van der Waals surface area contributed by atoms with Crippen LogP contribution >= 0.6 is 0 Å². The lowest BCUT2D eigenvalue weighted by Gasteiger charge is -2.34. The van der Waals surface area contributed by atoms with E-state index in [-0.39, 0.29) is 6.54 Å². The fourth-order valence-electron chi connectivity index (χ4n) is 1.48. The maximum absolute atomic E-state index is 13.4. The molecule has 3 nitrogen and oxygen atoms in total. The van der Waals surface area contributed by atoms with Crippen LogP contribution in [0, 0.1) is 5.41 Å². The van der Waals surface area contributed by atoms with Crippen molar-refractivity contribution in [2.45, 2.75) is 26.4 Å². The van der Waals surface area contributed by atoms with Crippen LogP contribution in [0.3, 0.4) is 0 Å². The van der Waals surface area contributed by atoms with Gasteiger partial charge in [0, 0.05) is 6.54 Å². The third-order valence-corrected chi connectivity index (χ3v) is 2.58. The van der Waals surface area contributed by atoms with Gasteiger partial charge in [-0.3, -0.25) is 4.79 Å². The summed E-state index contributed by atoms with van der Waals surface area (Å²) in [5, 5.41) is 2.90. The van der Waals surface area contributed by atoms with Gasteiger partial charge in [0.05, 0.1) is 12.0 Å². The summed E-state index contributed by atoms with van der Waals surface area (Å²) >= 11 is 0. The van der Waals surface area contributed by atoms with E-state index < -0.39 is 17.6 Å². The summed E-state index contributed by atoms with van der Waals surface area (Å²) in [6.07, 6.45) is -0.632. The van der Waals surface area contributed by atoms with Crippen molar-refractivity contribution in [3.8, 4) is 0 Å². The van der Waals surface area contributed by atoms with Crippen molar-refractivity contribution < 1.29 is 13.9 Å². The van der Waals surface area contributed by atoms with Gasteiger partial charge in [0.25, 0.3) is 0 Å². The first-order chi connectivity index (χ1) is 6.11. The van der Waals surface area contributed by atoms with Gasteiger partial charge in [-0.1, -0.05) is 0 Å². The zero-order valence-electron chi connectivity index (χ0n) is 8.10. The van der Waals surface area contributed by atoms with Crippen LogP contribution in [0.5, 0.6) is 0 Å². The maximum atomic E-state index is 13.4. The van der Waals surface area contributed by atoms with Crippen LogP contribution in [-0.4, -0.2) is 31.8 Å². The summed E-state index contributed by atoms with van der Waals surface area (Å²) in [7, 11) is 0. The number of ether oxygens (including phenoxy) is 1. The minimum Gasteiger partial charge on any atom is -0.465 e. The Balaban J connectivity index is 2.65. The van der Waals surface area contributed by atoms with Gasteiger partial charge in [0.2, 0.25) is 0 Å². The molecule has 1 fully saturated rings. The Bertz CT molecular complexity index is 198. The van der Waals surface area contributed by atoms with Gasteiger partial charge in [-0.05, 0) is 26.8 Å². The molecule has 2 unspecified atom stereocenters. The van der Waals surface area contributed by atoms with Crippen LogP contribution in [0.25, 0.3) is 0 Å². The zero-order chi connectivity index (χ0) is 9.90. The molecule has 76 valence electrons. The first kappa shape index (κ1) is 10.4. The summed E-state index contributed by atoms with van der Waals surface area (Å²) in [5.74, 6) is -0.413. The molecule has 1 saturated heterocycles. The Labute approximate surface area is 77.6 Å². The van der Waals surface area contributed by atoms with Crippen molar-refractivity contribution in [1.82, 2.24) is 5.32 Å². The highest BCUT2D eigenvalue weighted by Gasteiger charge is 2.44. The highest BCUT2D eigenvalue weighted by Crippen LogP contribution is 2.31. The van der Waals surface area contributed by atoms with E-state index in [1.165, 1.54) is 0 Å². The standard InChI is InChI=1S/C9H16FNO2/c1-3-13-8(12)9(2)4-5-11-6-7(9)10/h7,11H,3-6H2,1-2H3. The summed E-state index contributed by atoms with van der Waals surface area (Å²) < 4.78 is 18.3. The molecule has 13 heavy (non-hydrogen) atoms. The molecule has 1 aliphatic rings. The number of alkyl halides is 1. The molecule has 0 aromatic heterocycles. The molecule has 0 bridgehead atoms. The molecular formula is C9H16FNO2. The number of halogens is 1. The molecule has 4 heteroatoms. The molecule has 1 heterocycles. The third kappa shape index (κ3) is 1.99. The Morgan fingerprint density at radius 2 is 2.46 bits per heavy atom. The molecule has 0 aliphatic carbocycles. The van der Waals surface area contributed by atoms with Crippen molar-refractivity contribution in [2.24, 2.45) is 5.41 Å². The van der Waals surface area contributed by atoms with E-state index in [4.69, 9.17) is 4.74 Å². The van der Waals surface area contributed by atoms with E-state index >= 15 is 0 Å². The Morgan fingerprint density at radius 3 is 3.00 bits per heavy atom. The van der Waals surface area contributed by atoms with Gasteiger partial charge in [0.15, 0.2) is 0 Å². The topological polar surface area (TPSA) is 38.3 Å². The van der Waals surface area contributed by atoms with Gasteiger partial charge in [-0.25, -0.2) is 4.39 Å². The van der Waals surface area contributed by atoms with E-state index in [0.29, 0.717) is 19.6 Å². The molecule has 0 saturated carbocycles. The van der Waals surface area contributed by atoms with Crippen LogP contribution in [0.2, 0.25) is 0 Å². The Morgan fingerprint density at radius 1 is 1.77 bits per heavy atom. The minimum absolute atomic E-state index is 0.245. The van der Waals surface area contributed by atoms with Crippen LogP contribution in [-0.2, 0) is 9.53 Å². The molecule has 0 aromatic rings. The van der Waals surface area contributed by atoms with Crippen molar-refractivity contribution in [3.05, 3.63) is 0 Å². The smallest absolute Gasteiger partial charge is 0.314 e. The number of piperidine rings is 1. The normalized spacial score (nSPS) is 34.2. The van der Waals surface area contributed by atoms with E-state index in [1.807, 2.05) is 0 Å². The lowest BCUT2D eigenvalue weighted by molar-refractivity contribution is -0.160.